The van der Waals surface area contributed by atoms with E-state index in [-0.39, 0.29) is 12.5 Å². The SMILES string of the molecule is O=C1CN(S(=O)(=O)c2cccc3c2CCCN3)CCN1. The molecule has 0 atom stereocenters. The average Bonchev–Trinajstić information content (AvgIpc) is 2.46. The number of rotatable bonds is 2. The molecule has 108 valence electrons. The molecule has 1 aromatic rings. The largest absolute Gasteiger partial charge is 0.385 e. The van der Waals surface area contributed by atoms with E-state index in [1.54, 1.807) is 12.1 Å². The van der Waals surface area contributed by atoms with Crippen molar-refractivity contribution in [1.29, 1.82) is 0 Å². The second-order valence-electron chi connectivity index (χ2n) is 5.00. The Balaban J connectivity index is 2.01. The molecule has 0 aromatic heterocycles. The van der Waals surface area contributed by atoms with Gasteiger partial charge in [-0.3, -0.25) is 4.79 Å². The molecule has 0 spiro atoms. The fourth-order valence-corrected chi connectivity index (χ4v) is 4.35. The molecule has 0 radical (unpaired) electrons. The predicted molar refractivity (Wildman–Crippen MR) is 75.0 cm³/mol. The lowest BCUT2D eigenvalue weighted by atomic mass is 10.0. The molecule has 6 nitrogen and oxygen atoms in total. The molecular weight excluding hydrogens is 278 g/mol. The quantitative estimate of drug-likeness (QED) is 0.815. The molecule has 3 rings (SSSR count). The second-order valence-corrected chi connectivity index (χ2v) is 6.91. The molecule has 1 aromatic carbocycles. The number of hydrogen-bond acceptors (Lipinski definition) is 4. The number of fused-ring (bicyclic) bond motifs is 1. The van der Waals surface area contributed by atoms with E-state index in [1.165, 1.54) is 4.31 Å². The highest BCUT2D eigenvalue weighted by Gasteiger charge is 2.31. The van der Waals surface area contributed by atoms with Gasteiger partial charge in [0.15, 0.2) is 0 Å². The van der Waals surface area contributed by atoms with Gasteiger partial charge in [-0.05, 0) is 30.5 Å². The third-order valence-corrected chi connectivity index (χ3v) is 5.60. The maximum Gasteiger partial charge on any atom is 0.243 e. The van der Waals surface area contributed by atoms with Crippen molar-refractivity contribution in [2.45, 2.75) is 17.7 Å². The summed E-state index contributed by atoms with van der Waals surface area (Å²) >= 11 is 0. The van der Waals surface area contributed by atoms with Gasteiger partial charge < -0.3 is 10.6 Å². The van der Waals surface area contributed by atoms with Crippen LogP contribution in [0.15, 0.2) is 23.1 Å². The van der Waals surface area contributed by atoms with Crippen molar-refractivity contribution >= 4 is 21.6 Å². The monoisotopic (exact) mass is 295 g/mol. The highest BCUT2D eigenvalue weighted by molar-refractivity contribution is 7.89. The van der Waals surface area contributed by atoms with Crippen LogP contribution >= 0.6 is 0 Å². The predicted octanol–water partition coefficient (Wildman–Crippen LogP) is 0.165. The zero-order chi connectivity index (χ0) is 14.2. The number of benzene rings is 1. The lowest BCUT2D eigenvalue weighted by Crippen LogP contribution is -2.50. The van der Waals surface area contributed by atoms with Gasteiger partial charge in [0.05, 0.1) is 11.4 Å². The fraction of sp³-hybridized carbons (Fsp3) is 0.462. The summed E-state index contributed by atoms with van der Waals surface area (Å²) in [7, 11) is -3.60. The third-order valence-electron chi connectivity index (χ3n) is 3.67. The molecule has 20 heavy (non-hydrogen) atoms. The van der Waals surface area contributed by atoms with Gasteiger partial charge in [-0.2, -0.15) is 4.31 Å². The lowest BCUT2D eigenvalue weighted by molar-refractivity contribution is -0.122. The molecule has 0 bridgehead atoms. The molecule has 1 fully saturated rings. The van der Waals surface area contributed by atoms with Gasteiger partial charge >= 0.3 is 0 Å². The third kappa shape index (κ3) is 2.27. The summed E-state index contributed by atoms with van der Waals surface area (Å²) < 4.78 is 26.7. The molecule has 0 saturated carbocycles. The van der Waals surface area contributed by atoms with Gasteiger partial charge in [0.25, 0.3) is 0 Å². The van der Waals surface area contributed by atoms with Crippen LogP contribution in [0.25, 0.3) is 0 Å². The van der Waals surface area contributed by atoms with Crippen LogP contribution in [-0.2, 0) is 21.2 Å². The summed E-state index contributed by atoms with van der Waals surface area (Å²) in [6.07, 6.45) is 1.66. The van der Waals surface area contributed by atoms with Crippen molar-refractivity contribution < 1.29 is 13.2 Å². The van der Waals surface area contributed by atoms with Crippen LogP contribution in [0, 0.1) is 0 Å². The van der Waals surface area contributed by atoms with Gasteiger partial charge in [0, 0.05) is 25.3 Å². The first-order valence-electron chi connectivity index (χ1n) is 6.71. The van der Waals surface area contributed by atoms with Crippen LogP contribution < -0.4 is 10.6 Å². The Labute approximate surface area is 118 Å². The number of anilines is 1. The number of carbonyl (C=O) groups excluding carboxylic acids is 1. The molecule has 7 heteroatoms. The Kier molecular flexibility index (Phi) is 3.39. The van der Waals surface area contributed by atoms with Gasteiger partial charge in [0.1, 0.15) is 0 Å². The molecule has 1 amide bonds. The molecule has 2 N–H and O–H groups in total. The van der Waals surface area contributed by atoms with Gasteiger partial charge in [-0.15, -0.1) is 0 Å². The summed E-state index contributed by atoms with van der Waals surface area (Å²) in [4.78, 5) is 11.7. The molecule has 2 heterocycles. The van der Waals surface area contributed by atoms with E-state index in [2.05, 4.69) is 10.6 Å². The molecule has 0 unspecified atom stereocenters. The maximum absolute atomic E-state index is 12.7. The number of piperazine rings is 1. The minimum Gasteiger partial charge on any atom is -0.385 e. The van der Waals surface area contributed by atoms with Crippen molar-refractivity contribution in [2.75, 3.05) is 31.5 Å². The maximum atomic E-state index is 12.7. The fourth-order valence-electron chi connectivity index (χ4n) is 2.68. The van der Waals surface area contributed by atoms with Crippen LogP contribution in [0.1, 0.15) is 12.0 Å². The van der Waals surface area contributed by atoms with Gasteiger partial charge in [0.2, 0.25) is 15.9 Å². The molecule has 2 aliphatic heterocycles. The number of nitrogens with zero attached hydrogens (tertiary/aromatic N) is 1. The van der Waals surface area contributed by atoms with Crippen molar-refractivity contribution in [2.24, 2.45) is 0 Å². The van der Waals surface area contributed by atoms with Crippen LogP contribution in [0.4, 0.5) is 5.69 Å². The first-order chi connectivity index (χ1) is 9.59. The molecular formula is C13H17N3O3S. The molecule has 2 aliphatic rings. The Bertz CT molecular complexity index is 642. The number of nitrogens with one attached hydrogen (secondary N) is 2. The second kappa shape index (κ2) is 5.06. The number of amides is 1. The van der Waals surface area contributed by atoms with E-state index in [1.807, 2.05) is 6.07 Å². The van der Waals surface area contributed by atoms with E-state index in [0.29, 0.717) is 18.0 Å². The van der Waals surface area contributed by atoms with E-state index >= 15 is 0 Å². The van der Waals surface area contributed by atoms with E-state index in [9.17, 15) is 13.2 Å². The first kappa shape index (κ1) is 13.4. The molecule has 0 aliphatic carbocycles. The first-order valence-corrected chi connectivity index (χ1v) is 8.15. The van der Waals surface area contributed by atoms with Crippen molar-refractivity contribution in [3.63, 3.8) is 0 Å². The van der Waals surface area contributed by atoms with Gasteiger partial charge in [-0.25, -0.2) is 8.42 Å². The summed E-state index contributed by atoms with van der Waals surface area (Å²) in [6, 6.07) is 5.28. The van der Waals surface area contributed by atoms with E-state index in [4.69, 9.17) is 0 Å². The number of hydrogen-bond donors (Lipinski definition) is 2. The van der Waals surface area contributed by atoms with Crippen LogP contribution in [0.5, 0.6) is 0 Å². The normalized spacial score (nSPS) is 19.9. The Morgan fingerprint density at radius 3 is 2.80 bits per heavy atom. The Hall–Kier alpha value is -1.60. The summed E-state index contributed by atoms with van der Waals surface area (Å²) in [5, 5.41) is 5.87. The van der Waals surface area contributed by atoms with Crippen LogP contribution in [0.2, 0.25) is 0 Å². The van der Waals surface area contributed by atoms with Crippen molar-refractivity contribution in [1.82, 2.24) is 9.62 Å². The topological polar surface area (TPSA) is 78.5 Å². The standard InChI is InChI=1S/C13H17N3O3S/c17-13-9-16(8-7-15-13)20(18,19)12-5-1-4-11-10(12)3-2-6-14-11/h1,4-5,14H,2-3,6-9H2,(H,15,17). The van der Waals surface area contributed by atoms with Crippen molar-refractivity contribution in [3.8, 4) is 0 Å². The zero-order valence-electron chi connectivity index (χ0n) is 11.1. The van der Waals surface area contributed by atoms with Crippen LogP contribution in [-0.4, -0.2) is 44.8 Å². The zero-order valence-corrected chi connectivity index (χ0v) is 11.9. The number of sulfonamides is 1. The minimum atomic E-state index is -3.60. The lowest BCUT2D eigenvalue weighted by Gasteiger charge is -2.28. The number of carbonyl (C=O) groups is 1. The van der Waals surface area contributed by atoms with E-state index < -0.39 is 10.0 Å². The Morgan fingerprint density at radius 1 is 1.15 bits per heavy atom. The summed E-state index contributed by atoms with van der Waals surface area (Å²) in [5.74, 6) is -0.247. The van der Waals surface area contributed by atoms with Crippen molar-refractivity contribution in [3.05, 3.63) is 23.8 Å². The highest BCUT2D eigenvalue weighted by atomic mass is 32.2. The summed E-state index contributed by atoms with van der Waals surface area (Å²) in [5.41, 5.74) is 1.73. The smallest absolute Gasteiger partial charge is 0.243 e. The molecule has 1 saturated heterocycles. The van der Waals surface area contributed by atoms with Crippen LogP contribution in [0.3, 0.4) is 0 Å². The average molecular weight is 295 g/mol. The Morgan fingerprint density at radius 2 is 2.00 bits per heavy atom. The van der Waals surface area contributed by atoms with E-state index in [0.717, 1.165) is 30.6 Å². The van der Waals surface area contributed by atoms with Gasteiger partial charge in [-0.1, -0.05) is 6.07 Å². The highest BCUT2D eigenvalue weighted by Crippen LogP contribution is 2.30. The minimum absolute atomic E-state index is 0.0978. The summed E-state index contributed by atoms with van der Waals surface area (Å²) in [6.45, 7) is 1.46.